The predicted molar refractivity (Wildman–Crippen MR) is 69.0 cm³/mol. The molecule has 6 nitrogen and oxygen atoms in total. The Morgan fingerprint density at radius 3 is 2.50 bits per heavy atom. The fourth-order valence-corrected chi connectivity index (χ4v) is 3.03. The van der Waals surface area contributed by atoms with E-state index in [2.05, 4.69) is 10.1 Å². The standard InChI is InChI=1S/C12H22N4O2/c1-9(13)12(17)16-7-5-15(6-8-16)11-4-2-3-10(11)14-18/h9-11H,2-8,13H2,1H3/t9-,10?,11?/m0/s1. The van der Waals surface area contributed by atoms with Crippen LogP contribution in [0.3, 0.4) is 0 Å². The van der Waals surface area contributed by atoms with Crippen molar-refractivity contribution in [2.75, 3.05) is 26.2 Å². The fourth-order valence-electron chi connectivity index (χ4n) is 3.03. The van der Waals surface area contributed by atoms with Gasteiger partial charge in [-0.25, -0.2) is 0 Å². The lowest BCUT2D eigenvalue weighted by Gasteiger charge is -2.39. The molecule has 1 aliphatic heterocycles. The van der Waals surface area contributed by atoms with Crippen LogP contribution in [0, 0.1) is 4.91 Å². The minimum absolute atomic E-state index is 0.0196. The first-order valence-electron chi connectivity index (χ1n) is 6.74. The number of nitroso groups, excluding NO2 is 1. The summed E-state index contributed by atoms with van der Waals surface area (Å²) in [7, 11) is 0. The van der Waals surface area contributed by atoms with Crippen LogP contribution in [0.25, 0.3) is 0 Å². The van der Waals surface area contributed by atoms with Crippen molar-refractivity contribution in [2.24, 2.45) is 10.9 Å². The molecule has 0 aromatic carbocycles. The molecule has 2 fully saturated rings. The quantitative estimate of drug-likeness (QED) is 0.728. The van der Waals surface area contributed by atoms with E-state index in [1.165, 1.54) is 0 Å². The second-order valence-electron chi connectivity index (χ2n) is 5.32. The highest BCUT2D eigenvalue weighted by atomic mass is 16.3. The third-order valence-corrected chi connectivity index (χ3v) is 4.06. The highest BCUT2D eigenvalue weighted by Crippen LogP contribution is 2.27. The van der Waals surface area contributed by atoms with Crippen LogP contribution in [-0.2, 0) is 4.79 Å². The Kier molecular flexibility index (Phi) is 4.29. The van der Waals surface area contributed by atoms with E-state index in [0.29, 0.717) is 13.1 Å². The van der Waals surface area contributed by atoms with Gasteiger partial charge in [0.15, 0.2) is 0 Å². The van der Waals surface area contributed by atoms with Gasteiger partial charge in [0, 0.05) is 32.2 Å². The van der Waals surface area contributed by atoms with Crippen molar-refractivity contribution < 1.29 is 4.79 Å². The molecular formula is C12H22N4O2. The smallest absolute Gasteiger partial charge is 0.239 e. The van der Waals surface area contributed by atoms with Crippen LogP contribution in [0.2, 0.25) is 0 Å². The molecule has 2 N–H and O–H groups in total. The molecule has 0 aromatic rings. The summed E-state index contributed by atoms with van der Waals surface area (Å²) in [5.41, 5.74) is 5.61. The van der Waals surface area contributed by atoms with E-state index in [1.54, 1.807) is 6.92 Å². The molecule has 0 bridgehead atoms. The average Bonchev–Trinajstić information content (AvgIpc) is 2.86. The summed E-state index contributed by atoms with van der Waals surface area (Å²) in [6.07, 6.45) is 3.05. The highest BCUT2D eigenvalue weighted by molar-refractivity contribution is 5.81. The van der Waals surface area contributed by atoms with Crippen LogP contribution in [-0.4, -0.2) is 60.0 Å². The second kappa shape index (κ2) is 5.75. The third kappa shape index (κ3) is 2.70. The van der Waals surface area contributed by atoms with E-state index < -0.39 is 6.04 Å². The summed E-state index contributed by atoms with van der Waals surface area (Å²) in [5, 5.41) is 3.23. The highest BCUT2D eigenvalue weighted by Gasteiger charge is 2.35. The summed E-state index contributed by atoms with van der Waals surface area (Å²) in [5.74, 6) is 0.0196. The lowest BCUT2D eigenvalue weighted by molar-refractivity contribution is -0.134. The molecule has 102 valence electrons. The lowest BCUT2D eigenvalue weighted by atomic mass is 10.1. The zero-order chi connectivity index (χ0) is 13.1. The van der Waals surface area contributed by atoms with E-state index in [9.17, 15) is 9.70 Å². The van der Waals surface area contributed by atoms with Crippen LogP contribution < -0.4 is 5.73 Å². The lowest BCUT2D eigenvalue weighted by Crippen LogP contribution is -2.55. The van der Waals surface area contributed by atoms with Crippen molar-refractivity contribution in [3.63, 3.8) is 0 Å². The van der Waals surface area contributed by atoms with Crippen molar-refractivity contribution >= 4 is 5.91 Å². The number of hydrogen-bond donors (Lipinski definition) is 1. The summed E-state index contributed by atoms with van der Waals surface area (Å²) in [6.45, 7) is 4.80. The Labute approximate surface area is 107 Å². The first-order valence-corrected chi connectivity index (χ1v) is 6.74. The van der Waals surface area contributed by atoms with Crippen LogP contribution in [0.4, 0.5) is 0 Å². The second-order valence-corrected chi connectivity index (χ2v) is 5.32. The van der Waals surface area contributed by atoms with Gasteiger partial charge in [0.2, 0.25) is 5.91 Å². The summed E-state index contributed by atoms with van der Waals surface area (Å²) >= 11 is 0. The van der Waals surface area contributed by atoms with Crippen LogP contribution in [0.1, 0.15) is 26.2 Å². The number of hydrogen-bond acceptors (Lipinski definition) is 5. The molecule has 0 spiro atoms. The van der Waals surface area contributed by atoms with Crippen molar-refractivity contribution in [1.82, 2.24) is 9.80 Å². The molecule has 1 heterocycles. The zero-order valence-electron chi connectivity index (χ0n) is 10.9. The van der Waals surface area contributed by atoms with Crippen molar-refractivity contribution in [2.45, 2.75) is 44.3 Å². The monoisotopic (exact) mass is 254 g/mol. The van der Waals surface area contributed by atoms with Gasteiger partial charge in [0.1, 0.15) is 6.04 Å². The Bertz CT molecular complexity index is 313. The zero-order valence-corrected chi connectivity index (χ0v) is 10.9. The number of carbonyl (C=O) groups is 1. The van der Waals surface area contributed by atoms with Crippen LogP contribution >= 0.6 is 0 Å². The SMILES string of the molecule is C[C@H](N)C(=O)N1CCN(C2CCCC2N=O)CC1. The molecule has 3 atom stereocenters. The van der Waals surface area contributed by atoms with Gasteiger partial charge in [0.05, 0.1) is 6.04 Å². The van der Waals surface area contributed by atoms with E-state index >= 15 is 0 Å². The first-order chi connectivity index (χ1) is 8.63. The predicted octanol–water partition coefficient (Wildman–Crippen LogP) is 0.165. The van der Waals surface area contributed by atoms with Crippen molar-refractivity contribution in [3.05, 3.63) is 4.91 Å². The number of amides is 1. The van der Waals surface area contributed by atoms with Gasteiger partial charge in [-0.3, -0.25) is 9.69 Å². The van der Waals surface area contributed by atoms with Gasteiger partial charge in [-0.2, -0.15) is 4.91 Å². The van der Waals surface area contributed by atoms with Gasteiger partial charge in [-0.1, -0.05) is 5.18 Å². The molecule has 2 aliphatic rings. The van der Waals surface area contributed by atoms with Gasteiger partial charge in [-0.05, 0) is 26.2 Å². The molecule has 1 saturated carbocycles. The van der Waals surface area contributed by atoms with E-state index in [0.717, 1.165) is 32.4 Å². The fraction of sp³-hybridized carbons (Fsp3) is 0.917. The number of nitrogens with zero attached hydrogens (tertiary/aromatic N) is 3. The minimum atomic E-state index is -0.424. The molecule has 0 aromatic heterocycles. The van der Waals surface area contributed by atoms with Crippen molar-refractivity contribution in [1.29, 1.82) is 0 Å². The number of piperazine rings is 1. The molecule has 1 aliphatic carbocycles. The Hall–Kier alpha value is -1.01. The maximum atomic E-state index is 11.8. The number of carbonyl (C=O) groups excluding carboxylic acids is 1. The summed E-state index contributed by atoms with van der Waals surface area (Å²) < 4.78 is 0. The summed E-state index contributed by atoms with van der Waals surface area (Å²) in [4.78, 5) is 26.7. The molecule has 18 heavy (non-hydrogen) atoms. The van der Waals surface area contributed by atoms with Gasteiger partial charge in [0.25, 0.3) is 0 Å². The third-order valence-electron chi connectivity index (χ3n) is 4.06. The van der Waals surface area contributed by atoms with Crippen molar-refractivity contribution in [3.8, 4) is 0 Å². The van der Waals surface area contributed by atoms with Gasteiger partial charge in [-0.15, -0.1) is 0 Å². The maximum Gasteiger partial charge on any atom is 0.239 e. The van der Waals surface area contributed by atoms with E-state index in [-0.39, 0.29) is 18.0 Å². The van der Waals surface area contributed by atoms with Gasteiger partial charge >= 0.3 is 0 Å². The van der Waals surface area contributed by atoms with Crippen LogP contribution in [0.5, 0.6) is 0 Å². The summed E-state index contributed by atoms with van der Waals surface area (Å²) in [6, 6.07) is -0.192. The maximum absolute atomic E-state index is 11.8. The normalized spacial score (nSPS) is 31.3. The van der Waals surface area contributed by atoms with E-state index in [1.807, 2.05) is 4.90 Å². The largest absolute Gasteiger partial charge is 0.339 e. The molecule has 1 saturated heterocycles. The molecular weight excluding hydrogens is 232 g/mol. The molecule has 6 heteroatoms. The Balaban J connectivity index is 1.86. The number of nitrogens with two attached hydrogens (primary N) is 1. The Morgan fingerprint density at radius 1 is 1.28 bits per heavy atom. The first kappa shape index (κ1) is 13.4. The average molecular weight is 254 g/mol. The molecule has 0 radical (unpaired) electrons. The minimum Gasteiger partial charge on any atom is -0.339 e. The Morgan fingerprint density at radius 2 is 1.94 bits per heavy atom. The van der Waals surface area contributed by atoms with Gasteiger partial charge < -0.3 is 10.6 Å². The van der Waals surface area contributed by atoms with Crippen LogP contribution in [0.15, 0.2) is 5.18 Å². The molecule has 1 amide bonds. The van der Waals surface area contributed by atoms with E-state index in [4.69, 9.17) is 5.73 Å². The molecule has 2 unspecified atom stereocenters. The number of rotatable bonds is 3. The molecule has 2 rings (SSSR count). The topological polar surface area (TPSA) is 79.0 Å².